The normalized spacial score (nSPS) is 16.6. The number of hydrogen-bond acceptors (Lipinski definition) is 2. The summed E-state index contributed by atoms with van der Waals surface area (Å²) >= 11 is 0. The van der Waals surface area contributed by atoms with Crippen LogP contribution in [0.25, 0.3) is 0 Å². The molecule has 2 nitrogen and oxygen atoms in total. The average Bonchev–Trinajstić information content (AvgIpc) is 2.02. The molecule has 0 aromatic heterocycles. The summed E-state index contributed by atoms with van der Waals surface area (Å²) in [6.45, 7) is 12.9. The molecule has 0 aromatic carbocycles. The summed E-state index contributed by atoms with van der Waals surface area (Å²) in [5.41, 5.74) is 6.73. The lowest BCUT2D eigenvalue weighted by Gasteiger charge is -2.19. The zero-order valence-corrected chi connectivity index (χ0v) is 10.3. The summed E-state index contributed by atoms with van der Waals surface area (Å²) in [7, 11) is 0. The average molecular weight is 196 g/mol. The zero-order valence-electron chi connectivity index (χ0n) is 10.3. The minimum absolute atomic E-state index is 0.0783. The highest BCUT2D eigenvalue weighted by atomic mass is 14.8. The maximum Gasteiger partial charge on any atom is 0.0494 e. The molecule has 0 heterocycles. The molecule has 2 N–H and O–H groups in total. The Labute approximate surface area is 88.3 Å². The summed E-state index contributed by atoms with van der Waals surface area (Å²) < 4.78 is 0. The molecular weight excluding hydrogens is 172 g/mol. The van der Waals surface area contributed by atoms with Gasteiger partial charge >= 0.3 is 0 Å². The molecule has 0 saturated carbocycles. The van der Waals surface area contributed by atoms with Crippen molar-refractivity contribution in [3.63, 3.8) is 0 Å². The van der Waals surface area contributed by atoms with Crippen molar-refractivity contribution in [3.05, 3.63) is 11.8 Å². The Balaban J connectivity index is 4.50. The van der Waals surface area contributed by atoms with E-state index in [1.807, 2.05) is 6.21 Å². The fraction of sp³-hybridized carbons (Fsp3) is 0.750. The number of nitrogens with zero attached hydrogens (tertiary/aromatic N) is 1. The fourth-order valence-electron chi connectivity index (χ4n) is 0.857. The lowest BCUT2D eigenvalue weighted by molar-refractivity contribution is 0.516. The van der Waals surface area contributed by atoms with E-state index in [0.29, 0.717) is 12.0 Å². The molecule has 0 amide bonds. The van der Waals surface area contributed by atoms with Crippen LogP contribution in [0.15, 0.2) is 16.8 Å². The van der Waals surface area contributed by atoms with Crippen LogP contribution >= 0.6 is 0 Å². The smallest absolute Gasteiger partial charge is 0.0494 e. The topological polar surface area (TPSA) is 38.4 Å². The zero-order chi connectivity index (χ0) is 11.4. The van der Waals surface area contributed by atoms with Gasteiger partial charge < -0.3 is 5.73 Å². The van der Waals surface area contributed by atoms with Crippen molar-refractivity contribution in [1.29, 1.82) is 0 Å². The molecule has 0 bridgehead atoms. The van der Waals surface area contributed by atoms with Crippen LogP contribution in [0.1, 0.15) is 41.5 Å². The van der Waals surface area contributed by atoms with Crippen LogP contribution in [0, 0.1) is 11.3 Å². The molecular formula is C12H24N2. The first-order valence-electron chi connectivity index (χ1n) is 5.24. The van der Waals surface area contributed by atoms with Gasteiger partial charge in [0.1, 0.15) is 0 Å². The Kier molecular flexibility index (Phi) is 4.89. The number of hydrogen-bond donors (Lipinski definition) is 1. The lowest BCUT2D eigenvalue weighted by atomic mass is 9.88. The van der Waals surface area contributed by atoms with Crippen molar-refractivity contribution in [2.24, 2.45) is 22.1 Å². The van der Waals surface area contributed by atoms with Gasteiger partial charge in [0, 0.05) is 12.3 Å². The second-order valence-corrected chi connectivity index (χ2v) is 5.13. The summed E-state index contributed by atoms with van der Waals surface area (Å²) in [4.78, 5) is 4.49. The van der Waals surface area contributed by atoms with Gasteiger partial charge in [0.2, 0.25) is 0 Å². The van der Waals surface area contributed by atoms with Crippen molar-refractivity contribution in [2.75, 3.05) is 0 Å². The van der Waals surface area contributed by atoms with Gasteiger partial charge in [-0.1, -0.05) is 34.6 Å². The first-order valence-corrected chi connectivity index (χ1v) is 5.24. The third kappa shape index (κ3) is 4.45. The largest absolute Gasteiger partial charge is 0.404 e. The minimum atomic E-state index is 0.0783. The highest BCUT2D eigenvalue weighted by Gasteiger charge is 2.15. The maximum absolute atomic E-state index is 5.57. The first-order chi connectivity index (χ1) is 6.29. The van der Waals surface area contributed by atoms with Crippen LogP contribution in [-0.4, -0.2) is 12.3 Å². The first kappa shape index (κ1) is 13.2. The van der Waals surface area contributed by atoms with Crippen molar-refractivity contribution >= 4 is 6.21 Å². The quantitative estimate of drug-likeness (QED) is 0.692. The van der Waals surface area contributed by atoms with Crippen molar-refractivity contribution in [3.8, 4) is 0 Å². The lowest BCUT2D eigenvalue weighted by Crippen LogP contribution is -2.14. The molecule has 2 heteroatoms. The van der Waals surface area contributed by atoms with Crippen LogP contribution in [0.5, 0.6) is 0 Å². The molecule has 1 atom stereocenters. The van der Waals surface area contributed by atoms with Gasteiger partial charge in [0.05, 0.1) is 0 Å². The van der Waals surface area contributed by atoms with Gasteiger partial charge in [-0.05, 0) is 30.0 Å². The molecule has 0 aliphatic carbocycles. The number of aliphatic imine (C=N–C) groups is 1. The van der Waals surface area contributed by atoms with E-state index in [-0.39, 0.29) is 5.41 Å². The molecule has 0 radical (unpaired) electrons. The Bertz CT molecular complexity index is 219. The highest BCUT2D eigenvalue weighted by Crippen LogP contribution is 2.22. The van der Waals surface area contributed by atoms with Crippen molar-refractivity contribution in [1.82, 2.24) is 0 Å². The van der Waals surface area contributed by atoms with Crippen LogP contribution in [0.2, 0.25) is 0 Å². The molecule has 0 aromatic rings. The van der Waals surface area contributed by atoms with Crippen LogP contribution in [0.3, 0.4) is 0 Å². The van der Waals surface area contributed by atoms with E-state index in [2.05, 4.69) is 46.5 Å². The number of nitrogens with two attached hydrogens (primary N) is 1. The second kappa shape index (κ2) is 5.18. The van der Waals surface area contributed by atoms with Crippen LogP contribution < -0.4 is 5.73 Å². The van der Waals surface area contributed by atoms with Crippen molar-refractivity contribution < 1.29 is 0 Å². The van der Waals surface area contributed by atoms with E-state index in [9.17, 15) is 0 Å². The predicted molar refractivity (Wildman–Crippen MR) is 64.5 cm³/mol. The molecule has 14 heavy (non-hydrogen) atoms. The number of rotatable bonds is 3. The van der Waals surface area contributed by atoms with Crippen molar-refractivity contribution in [2.45, 2.75) is 47.6 Å². The summed E-state index contributed by atoms with van der Waals surface area (Å²) in [6.07, 6.45) is 3.56. The maximum atomic E-state index is 5.57. The standard InChI is InChI=1S/C12H24N2/c1-9(2)10(3)14-8-11(7-13)12(4,5)6/h7-10H,13H2,1-6H3. The summed E-state index contributed by atoms with van der Waals surface area (Å²) in [6, 6.07) is 0.354. The molecule has 1 unspecified atom stereocenters. The Hall–Kier alpha value is -0.790. The van der Waals surface area contributed by atoms with Gasteiger partial charge in [-0.3, -0.25) is 4.99 Å². The molecule has 0 aliphatic heterocycles. The Morgan fingerprint density at radius 3 is 2.00 bits per heavy atom. The van der Waals surface area contributed by atoms with E-state index in [1.165, 1.54) is 0 Å². The van der Waals surface area contributed by atoms with E-state index in [0.717, 1.165) is 5.57 Å². The third-order valence-electron chi connectivity index (χ3n) is 2.46. The predicted octanol–water partition coefficient (Wildman–Crippen LogP) is 2.99. The van der Waals surface area contributed by atoms with E-state index >= 15 is 0 Å². The number of allylic oxidation sites excluding steroid dienone is 1. The summed E-state index contributed by atoms with van der Waals surface area (Å²) in [5.74, 6) is 0.574. The minimum Gasteiger partial charge on any atom is -0.404 e. The molecule has 0 spiro atoms. The van der Waals surface area contributed by atoms with Gasteiger partial charge in [0.25, 0.3) is 0 Å². The molecule has 0 saturated heterocycles. The Morgan fingerprint density at radius 2 is 1.71 bits per heavy atom. The van der Waals surface area contributed by atoms with E-state index in [4.69, 9.17) is 5.73 Å². The molecule has 82 valence electrons. The third-order valence-corrected chi connectivity index (χ3v) is 2.46. The SMILES string of the molecule is CC(C)C(C)N=CC(=CN)C(C)(C)C. The molecule has 0 fully saturated rings. The van der Waals surface area contributed by atoms with Gasteiger partial charge in [0.15, 0.2) is 0 Å². The second-order valence-electron chi connectivity index (χ2n) is 5.13. The van der Waals surface area contributed by atoms with Crippen LogP contribution in [0.4, 0.5) is 0 Å². The highest BCUT2D eigenvalue weighted by molar-refractivity contribution is 5.80. The van der Waals surface area contributed by atoms with Gasteiger partial charge in [-0.15, -0.1) is 0 Å². The fourth-order valence-corrected chi connectivity index (χ4v) is 0.857. The monoisotopic (exact) mass is 196 g/mol. The van der Waals surface area contributed by atoms with Gasteiger partial charge in [-0.2, -0.15) is 0 Å². The van der Waals surface area contributed by atoms with Gasteiger partial charge in [-0.25, -0.2) is 0 Å². The molecule has 0 rings (SSSR count). The van der Waals surface area contributed by atoms with E-state index in [1.54, 1.807) is 6.20 Å². The summed E-state index contributed by atoms with van der Waals surface area (Å²) in [5, 5.41) is 0. The Morgan fingerprint density at radius 1 is 1.21 bits per heavy atom. The van der Waals surface area contributed by atoms with E-state index < -0.39 is 0 Å². The van der Waals surface area contributed by atoms with Crippen LogP contribution in [-0.2, 0) is 0 Å². The molecule has 0 aliphatic rings.